The van der Waals surface area contributed by atoms with Crippen molar-refractivity contribution in [3.05, 3.63) is 60.2 Å². The van der Waals surface area contributed by atoms with Crippen molar-refractivity contribution < 1.29 is 57.1 Å². The summed E-state index contributed by atoms with van der Waals surface area (Å²) in [5.41, 5.74) is 3.15. The van der Waals surface area contributed by atoms with E-state index in [1.54, 1.807) is 0 Å². The van der Waals surface area contributed by atoms with Gasteiger partial charge < -0.3 is 48.0 Å². The normalized spacial score (nSPS) is 11.4. The van der Waals surface area contributed by atoms with E-state index in [9.17, 15) is 0 Å². The summed E-state index contributed by atoms with van der Waals surface area (Å²) in [4.78, 5) is 0. The van der Waals surface area contributed by atoms with Crippen LogP contribution in [0.5, 0.6) is 0 Å². The molecule has 0 saturated carbocycles. The standard InChI is InChI=1S/C19H28N2.2HI/c1-18(2,3)16-7-11-20(12-8-16)15-21-13-9-17(10-14-21)19(4,5)6;;/h7-14H,15H2,1-6H3;2*1H/q+2;;/p-2. The van der Waals surface area contributed by atoms with E-state index in [-0.39, 0.29) is 58.8 Å². The molecule has 0 aliphatic carbocycles. The van der Waals surface area contributed by atoms with Gasteiger partial charge in [0.05, 0.1) is 0 Å². The van der Waals surface area contributed by atoms with Crippen LogP contribution in [0.15, 0.2) is 49.1 Å². The van der Waals surface area contributed by atoms with Crippen LogP contribution in [0.3, 0.4) is 0 Å². The molecule has 0 amide bonds. The highest BCUT2D eigenvalue weighted by molar-refractivity contribution is 5.18. The molecule has 4 heteroatoms. The largest absolute Gasteiger partial charge is 1.00 e. The van der Waals surface area contributed by atoms with E-state index >= 15 is 0 Å². The molecule has 0 saturated heterocycles. The van der Waals surface area contributed by atoms with Gasteiger partial charge in [-0.15, -0.1) is 9.13 Å². The van der Waals surface area contributed by atoms with Gasteiger partial charge in [0, 0.05) is 24.3 Å². The number of halogens is 2. The van der Waals surface area contributed by atoms with Gasteiger partial charge in [-0.1, -0.05) is 41.5 Å². The van der Waals surface area contributed by atoms with Crippen molar-refractivity contribution in [2.75, 3.05) is 0 Å². The van der Waals surface area contributed by atoms with E-state index in [1.165, 1.54) is 11.1 Å². The van der Waals surface area contributed by atoms with Crippen molar-refractivity contribution in [3.63, 3.8) is 0 Å². The molecule has 0 bridgehead atoms. The first-order valence-corrected chi connectivity index (χ1v) is 7.65. The SMILES string of the molecule is CC(C)(C)c1cc[n+](C[n+]2ccc(C(C)(C)C)cc2)cc1.[I-].[I-]. The lowest BCUT2D eigenvalue weighted by atomic mass is 9.88. The Hall–Kier alpha value is -0.240. The van der Waals surface area contributed by atoms with Crippen LogP contribution >= 0.6 is 0 Å². The second-order valence-electron chi connectivity index (χ2n) is 7.84. The number of rotatable bonds is 2. The molecule has 128 valence electrons. The number of hydrogen-bond acceptors (Lipinski definition) is 0. The first-order chi connectivity index (χ1) is 9.66. The molecule has 0 atom stereocenters. The zero-order chi connectivity index (χ0) is 15.7. The molecule has 0 aromatic carbocycles. The van der Waals surface area contributed by atoms with Gasteiger partial charge in [-0.05, 0) is 22.0 Å². The van der Waals surface area contributed by atoms with Gasteiger partial charge in [-0.3, -0.25) is 0 Å². The molecule has 0 fully saturated rings. The minimum Gasteiger partial charge on any atom is -1.00 e. The minimum atomic E-state index is 0. The zero-order valence-corrected chi connectivity index (χ0v) is 19.3. The third kappa shape index (κ3) is 6.64. The topological polar surface area (TPSA) is 7.76 Å². The van der Waals surface area contributed by atoms with E-state index in [2.05, 4.69) is 99.7 Å². The number of aromatic nitrogens is 2. The predicted molar refractivity (Wildman–Crippen MR) is 86.1 cm³/mol. The summed E-state index contributed by atoms with van der Waals surface area (Å²) >= 11 is 0. The lowest BCUT2D eigenvalue weighted by Gasteiger charge is -2.17. The molecule has 0 N–H and O–H groups in total. The summed E-state index contributed by atoms with van der Waals surface area (Å²) in [6.07, 6.45) is 8.63. The van der Waals surface area contributed by atoms with E-state index in [4.69, 9.17) is 0 Å². The fraction of sp³-hybridized carbons (Fsp3) is 0.474. The monoisotopic (exact) mass is 538 g/mol. The lowest BCUT2D eigenvalue weighted by Crippen LogP contribution is -3.00. The van der Waals surface area contributed by atoms with E-state index in [0.29, 0.717) is 0 Å². The molecule has 2 rings (SSSR count). The molecular formula is C19H28I2N2. The van der Waals surface area contributed by atoms with E-state index in [1.807, 2.05) is 0 Å². The maximum absolute atomic E-state index is 2.24. The first-order valence-electron chi connectivity index (χ1n) is 7.65. The predicted octanol–water partition coefficient (Wildman–Crippen LogP) is -2.63. The highest BCUT2D eigenvalue weighted by Gasteiger charge is 2.17. The number of pyridine rings is 2. The van der Waals surface area contributed by atoms with Crippen molar-refractivity contribution in [2.45, 2.75) is 59.0 Å². The third-order valence-corrected chi connectivity index (χ3v) is 3.84. The molecule has 0 radical (unpaired) electrons. The van der Waals surface area contributed by atoms with Gasteiger partial charge in [-0.25, -0.2) is 0 Å². The van der Waals surface area contributed by atoms with Crippen LogP contribution in [0.25, 0.3) is 0 Å². The Morgan fingerprint density at radius 1 is 0.609 bits per heavy atom. The molecule has 0 aliphatic heterocycles. The maximum atomic E-state index is 2.24. The Labute approximate surface area is 175 Å². The second kappa shape index (κ2) is 8.74. The van der Waals surface area contributed by atoms with Crippen LogP contribution in [0.2, 0.25) is 0 Å². The van der Waals surface area contributed by atoms with Gasteiger partial charge in [0.1, 0.15) is 0 Å². The van der Waals surface area contributed by atoms with E-state index in [0.717, 1.165) is 6.67 Å². The van der Waals surface area contributed by atoms with Crippen molar-refractivity contribution >= 4 is 0 Å². The lowest BCUT2D eigenvalue weighted by molar-refractivity contribution is -0.913. The summed E-state index contributed by atoms with van der Waals surface area (Å²) in [6, 6.07) is 8.85. The highest BCUT2D eigenvalue weighted by atomic mass is 127. The molecule has 0 unspecified atom stereocenters. The van der Waals surface area contributed by atoms with Crippen molar-refractivity contribution in [1.82, 2.24) is 0 Å². The van der Waals surface area contributed by atoms with Crippen molar-refractivity contribution in [2.24, 2.45) is 0 Å². The molecule has 2 aromatic rings. The van der Waals surface area contributed by atoms with Crippen molar-refractivity contribution in [1.29, 1.82) is 0 Å². The highest BCUT2D eigenvalue weighted by Crippen LogP contribution is 2.20. The Morgan fingerprint density at radius 3 is 1.09 bits per heavy atom. The zero-order valence-electron chi connectivity index (χ0n) is 15.0. The summed E-state index contributed by atoms with van der Waals surface area (Å²) in [5, 5.41) is 0. The Kier molecular flexibility index (Phi) is 8.65. The summed E-state index contributed by atoms with van der Waals surface area (Å²) in [7, 11) is 0. The first kappa shape index (κ1) is 22.8. The van der Waals surface area contributed by atoms with Gasteiger partial charge in [0.2, 0.25) is 0 Å². The fourth-order valence-corrected chi connectivity index (χ4v) is 2.29. The smallest absolute Gasteiger partial charge is 0.343 e. The van der Waals surface area contributed by atoms with E-state index < -0.39 is 0 Å². The summed E-state index contributed by atoms with van der Waals surface area (Å²) in [6.45, 7) is 14.3. The van der Waals surface area contributed by atoms with Crippen LogP contribution in [-0.4, -0.2) is 0 Å². The van der Waals surface area contributed by atoms with Crippen LogP contribution in [-0.2, 0) is 17.5 Å². The molecule has 0 spiro atoms. The second-order valence-corrected chi connectivity index (χ2v) is 7.84. The van der Waals surface area contributed by atoms with Crippen LogP contribution in [0, 0.1) is 0 Å². The summed E-state index contributed by atoms with van der Waals surface area (Å²) < 4.78 is 4.40. The van der Waals surface area contributed by atoms with Crippen LogP contribution < -0.4 is 57.1 Å². The number of nitrogens with zero attached hydrogens (tertiary/aromatic N) is 2. The quantitative estimate of drug-likeness (QED) is 0.293. The molecular weight excluding hydrogens is 510 g/mol. The number of hydrogen-bond donors (Lipinski definition) is 0. The Morgan fingerprint density at radius 2 is 0.870 bits per heavy atom. The Bertz CT molecular complexity index is 536. The summed E-state index contributed by atoms with van der Waals surface area (Å²) in [5.74, 6) is 0. The van der Waals surface area contributed by atoms with Crippen molar-refractivity contribution in [3.8, 4) is 0 Å². The van der Waals surface area contributed by atoms with Gasteiger partial charge in [0.25, 0.3) is 0 Å². The van der Waals surface area contributed by atoms with Crippen LogP contribution in [0.1, 0.15) is 52.7 Å². The molecule has 23 heavy (non-hydrogen) atoms. The molecule has 2 nitrogen and oxygen atoms in total. The molecule has 2 heterocycles. The van der Waals surface area contributed by atoms with Gasteiger partial charge in [-0.2, -0.15) is 0 Å². The average molecular weight is 538 g/mol. The van der Waals surface area contributed by atoms with Crippen LogP contribution in [0.4, 0.5) is 0 Å². The molecule has 0 aliphatic rings. The third-order valence-electron chi connectivity index (χ3n) is 3.84. The average Bonchev–Trinajstić information content (AvgIpc) is 2.38. The fourth-order valence-electron chi connectivity index (χ4n) is 2.29. The van der Waals surface area contributed by atoms with Gasteiger partial charge >= 0.3 is 6.67 Å². The maximum Gasteiger partial charge on any atom is 0.343 e. The van der Waals surface area contributed by atoms with Gasteiger partial charge in [0.15, 0.2) is 24.8 Å². The molecule has 2 aromatic heterocycles. The Balaban J connectivity index is 0.00000242. The minimum absolute atomic E-state index is 0.